The number of fused-ring (bicyclic) bond motifs is 1. The molecule has 0 bridgehead atoms. The van der Waals surface area contributed by atoms with Gasteiger partial charge < -0.3 is 14.6 Å². The predicted octanol–water partition coefficient (Wildman–Crippen LogP) is 2.59. The van der Waals surface area contributed by atoms with Crippen LogP contribution in [0.2, 0.25) is 0 Å². The Morgan fingerprint density at radius 3 is 2.78 bits per heavy atom. The summed E-state index contributed by atoms with van der Waals surface area (Å²) in [6.07, 6.45) is 0.651. The molecule has 3 rings (SSSR count). The van der Waals surface area contributed by atoms with Crippen LogP contribution in [0.3, 0.4) is 0 Å². The van der Waals surface area contributed by atoms with Gasteiger partial charge in [0.15, 0.2) is 0 Å². The zero-order valence-electron chi connectivity index (χ0n) is 14.0. The number of benzene rings is 1. The molecule has 1 aliphatic heterocycles. The van der Waals surface area contributed by atoms with E-state index in [9.17, 15) is 9.59 Å². The molecule has 2 aromatic rings. The third-order valence-corrected chi connectivity index (χ3v) is 4.24. The highest BCUT2D eigenvalue weighted by Crippen LogP contribution is 2.29. The van der Waals surface area contributed by atoms with E-state index < -0.39 is 5.60 Å². The molecule has 124 valence electrons. The third kappa shape index (κ3) is 3.11. The number of nitrogens with zero attached hydrogens (tertiary/aromatic N) is 2. The van der Waals surface area contributed by atoms with E-state index in [1.807, 2.05) is 39.0 Å². The van der Waals surface area contributed by atoms with Gasteiger partial charge in [-0.2, -0.15) is 0 Å². The molecule has 1 aliphatic rings. The molecular weight excluding hydrogens is 294 g/mol. The number of imidazole rings is 1. The summed E-state index contributed by atoms with van der Waals surface area (Å²) in [5, 5.41) is 0. The summed E-state index contributed by atoms with van der Waals surface area (Å²) in [5.41, 5.74) is 2.29. The summed E-state index contributed by atoms with van der Waals surface area (Å²) in [7, 11) is 1.76. The van der Waals surface area contributed by atoms with Crippen LogP contribution in [-0.4, -0.2) is 39.2 Å². The lowest BCUT2D eigenvalue weighted by molar-refractivity contribution is 0.0292. The fourth-order valence-corrected chi connectivity index (χ4v) is 3.02. The molecule has 2 heterocycles. The van der Waals surface area contributed by atoms with Crippen molar-refractivity contribution in [2.75, 3.05) is 13.1 Å². The van der Waals surface area contributed by atoms with Crippen LogP contribution in [0.15, 0.2) is 23.0 Å². The lowest BCUT2D eigenvalue weighted by atomic mass is 9.98. The maximum absolute atomic E-state index is 12.2. The molecule has 6 nitrogen and oxygen atoms in total. The van der Waals surface area contributed by atoms with Crippen LogP contribution in [0.25, 0.3) is 11.0 Å². The van der Waals surface area contributed by atoms with Crippen molar-refractivity contribution in [2.45, 2.75) is 38.7 Å². The number of carbonyl (C=O) groups excluding carboxylic acids is 1. The number of aryl methyl sites for hydroxylation is 1. The first-order valence-corrected chi connectivity index (χ1v) is 7.91. The fraction of sp³-hybridized carbons (Fsp3) is 0.529. The van der Waals surface area contributed by atoms with Gasteiger partial charge in [-0.15, -0.1) is 0 Å². The van der Waals surface area contributed by atoms with Gasteiger partial charge in [-0.05, 0) is 44.9 Å². The predicted molar refractivity (Wildman–Crippen MR) is 88.7 cm³/mol. The molecule has 0 radical (unpaired) electrons. The molecule has 1 fully saturated rings. The summed E-state index contributed by atoms with van der Waals surface area (Å²) < 4.78 is 7.05. The quantitative estimate of drug-likeness (QED) is 0.879. The molecule has 6 heteroatoms. The topological polar surface area (TPSA) is 67.3 Å². The van der Waals surface area contributed by atoms with E-state index in [0.29, 0.717) is 13.1 Å². The monoisotopic (exact) mass is 317 g/mol. The van der Waals surface area contributed by atoms with Crippen LogP contribution in [0.5, 0.6) is 0 Å². The number of carbonyl (C=O) groups is 1. The van der Waals surface area contributed by atoms with Crippen LogP contribution in [0.1, 0.15) is 38.7 Å². The van der Waals surface area contributed by atoms with Gasteiger partial charge in [-0.1, -0.05) is 6.07 Å². The lowest BCUT2D eigenvalue weighted by Gasteiger charge is -2.24. The zero-order chi connectivity index (χ0) is 16.8. The van der Waals surface area contributed by atoms with E-state index in [0.717, 1.165) is 23.0 Å². The van der Waals surface area contributed by atoms with Crippen molar-refractivity contribution in [3.05, 3.63) is 34.2 Å². The van der Waals surface area contributed by atoms with E-state index >= 15 is 0 Å². The zero-order valence-corrected chi connectivity index (χ0v) is 14.0. The largest absolute Gasteiger partial charge is 0.444 e. The van der Waals surface area contributed by atoms with Crippen molar-refractivity contribution in [3.63, 3.8) is 0 Å². The highest BCUT2D eigenvalue weighted by atomic mass is 16.6. The number of hydrogen-bond acceptors (Lipinski definition) is 3. The molecular formula is C17H23N3O3. The minimum atomic E-state index is -0.475. The molecule has 1 atom stereocenters. The van der Waals surface area contributed by atoms with Gasteiger partial charge in [-0.3, -0.25) is 4.57 Å². The number of aromatic amines is 1. The van der Waals surface area contributed by atoms with E-state index in [4.69, 9.17) is 4.74 Å². The van der Waals surface area contributed by atoms with Gasteiger partial charge in [0.1, 0.15) is 5.60 Å². The minimum absolute atomic E-state index is 0.112. The lowest BCUT2D eigenvalue weighted by Crippen LogP contribution is -2.35. The van der Waals surface area contributed by atoms with Crippen molar-refractivity contribution < 1.29 is 9.53 Å². The Morgan fingerprint density at radius 1 is 1.35 bits per heavy atom. The minimum Gasteiger partial charge on any atom is -0.444 e. The number of rotatable bonds is 1. The normalized spacial score (nSPS) is 18.6. The second kappa shape index (κ2) is 5.44. The van der Waals surface area contributed by atoms with E-state index in [-0.39, 0.29) is 17.7 Å². The van der Waals surface area contributed by atoms with Gasteiger partial charge in [0.25, 0.3) is 0 Å². The molecule has 0 saturated carbocycles. The van der Waals surface area contributed by atoms with Crippen LogP contribution in [0, 0.1) is 0 Å². The van der Waals surface area contributed by atoms with Crippen molar-refractivity contribution in [3.8, 4) is 0 Å². The molecule has 1 N–H and O–H groups in total. The Morgan fingerprint density at radius 2 is 2.09 bits per heavy atom. The molecule has 1 aromatic carbocycles. The number of aromatic nitrogens is 2. The Kier molecular flexibility index (Phi) is 3.70. The first kappa shape index (κ1) is 15.6. The Bertz CT molecular complexity index is 797. The third-order valence-electron chi connectivity index (χ3n) is 4.24. The molecule has 1 saturated heterocycles. The van der Waals surface area contributed by atoms with Crippen molar-refractivity contribution in [1.29, 1.82) is 0 Å². The second-order valence-corrected chi connectivity index (χ2v) is 7.18. The van der Waals surface area contributed by atoms with Gasteiger partial charge in [0.2, 0.25) is 0 Å². The number of amides is 1. The van der Waals surface area contributed by atoms with Crippen molar-refractivity contribution in [1.82, 2.24) is 14.5 Å². The van der Waals surface area contributed by atoms with E-state index in [2.05, 4.69) is 4.98 Å². The number of nitrogens with one attached hydrogen (secondary N) is 1. The van der Waals surface area contributed by atoms with Gasteiger partial charge in [-0.25, -0.2) is 9.59 Å². The fourth-order valence-electron chi connectivity index (χ4n) is 3.02. The Labute approximate surface area is 135 Å². The van der Waals surface area contributed by atoms with E-state index in [1.165, 1.54) is 0 Å². The smallest absolute Gasteiger partial charge is 0.410 e. The number of likely N-dealkylation sites (tertiary alicyclic amines) is 1. The Balaban J connectivity index is 1.78. The van der Waals surface area contributed by atoms with Crippen LogP contribution >= 0.6 is 0 Å². The summed E-state index contributed by atoms with van der Waals surface area (Å²) >= 11 is 0. The molecule has 1 unspecified atom stereocenters. The maximum Gasteiger partial charge on any atom is 0.410 e. The molecule has 0 spiro atoms. The van der Waals surface area contributed by atoms with Crippen LogP contribution in [0.4, 0.5) is 4.79 Å². The molecule has 1 amide bonds. The average Bonchev–Trinajstić information content (AvgIpc) is 3.04. The first-order chi connectivity index (χ1) is 10.7. The van der Waals surface area contributed by atoms with Crippen molar-refractivity contribution in [2.24, 2.45) is 7.05 Å². The highest BCUT2D eigenvalue weighted by Gasteiger charge is 2.30. The van der Waals surface area contributed by atoms with Crippen molar-refractivity contribution >= 4 is 17.1 Å². The van der Waals surface area contributed by atoms with Gasteiger partial charge in [0.05, 0.1) is 11.0 Å². The summed E-state index contributed by atoms with van der Waals surface area (Å²) in [4.78, 5) is 28.4. The number of H-pyrrole nitrogens is 1. The number of hydrogen-bond donors (Lipinski definition) is 1. The molecule has 1 aromatic heterocycles. The summed E-state index contributed by atoms with van der Waals surface area (Å²) in [6, 6.07) is 6.00. The van der Waals surface area contributed by atoms with Gasteiger partial charge >= 0.3 is 11.8 Å². The summed E-state index contributed by atoms with van der Waals surface area (Å²) in [5.74, 6) is 0.275. The summed E-state index contributed by atoms with van der Waals surface area (Å²) in [6.45, 7) is 6.97. The van der Waals surface area contributed by atoms with Crippen LogP contribution < -0.4 is 5.69 Å². The average molecular weight is 317 g/mol. The molecule has 0 aliphatic carbocycles. The number of ether oxygens (including phenoxy) is 1. The SMILES string of the molecule is Cn1c(=O)[nH]c2ccc(C3CCN(C(=O)OC(C)(C)C)C3)cc21. The van der Waals surface area contributed by atoms with Crippen LogP contribution in [-0.2, 0) is 11.8 Å². The standard InChI is InChI=1S/C17H23N3O3/c1-17(2,3)23-16(22)20-8-7-12(10-20)11-5-6-13-14(9-11)19(4)15(21)18-13/h5-6,9,12H,7-8,10H2,1-4H3,(H,18,21). The second-order valence-electron chi connectivity index (χ2n) is 7.18. The first-order valence-electron chi connectivity index (χ1n) is 7.91. The molecule has 23 heavy (non-hydrogen) atoms. The highest BCUT2D eigenvalue weighted by molar-refractivity contribution is 5.76. The van der Waals surface area contributed by atoms with E-state index in [1.54, 1.807) is 16.5 Å². The Hall–Kier alpha value is -2.24. The van der Waals surface area contributed by atoms with Gasteiger partial charge in [0, 0.05) is 26.1 Å². The maximum atomic E-state index is 12.2.